The molecule has 15 heteroatoms. The van der Waals surface area contributed by atoms with Crippen LogP contribution in [-0.2, 0) is 14.2 Å². The van der Waals surface area contributed by atoms with Crippen molar-refractivity contribution >= 4 is 0 Å². The van der Waals surface area contributed by atoms with Crippen LogP contribution >= 0.6 is 0 Å². The lowest BCUT2D eigenvalue weighted by atomic mass is 9.99. The van der Waals surface area contributed by atoms with Crippen molar-refractivity contribution in [1.82, 2.24) is 0 Å². The summed E-state index contributed by atoms with van der Waals surface area (Å²) in [5.41, 5.74) is 3.94. The highest BCUT2D eigenvalue weighted by Gasteiger charge is 2.58. The standard InChI is InChI=1S/C12H22O11.C4H11NO3/c13-1-4-6(16)8(18)9(19)11(21-4)23-12(3-15)10(20)7(17)5(2-14)22-12;5-4(1-6,2-7)3-8/h4-11,13-20H,1-3H2;6-8H,1-3,5H2/t4-,5-,6-,7-,8+,9-,10+,11-,12+;/m1./s1. The third kappa shape index (κ3) is 6.26. The summed E-state index contributed by atoms with van der Waals surface area (Å²) in [6.45, 7) is -3.53. The van der Waals surface area contributed by atoms with Gasteiger partial charge in [-0.2, -0.15) is 0 Å². The Balaban J connectivity index is 0.000000512. The first-order valence-corrected chi connectivity index (χ1v) is 9.35. The van der Waals surface area contributed by atoms with Crippen LogP contribution < -0.4 is 5.73 Å². The zero-order valence-corrected chi connectivity index (χ0v) is 16.6. The summed E-state index contributed by atoms with van der Waals surface area (Å²) in [4.78, 5) is 0. The number of hydrogen-bond donors (Lipinski definition) is 12. The molecule has 15 nitrogen and oxygen atoms in total. The zero-order chi connectivity index (χ0) is 24.0. The SMILES string of the molecule is NC(CO)(CO)CO.OC[C@H]1O[C@@](CO)(O[C@H]2O[C@H](CO)[C@@H](O)[C@H](O)[C@H]2O)[C@@H](O)[C@@H]1O. The van der Waals surface area contributed by atoms with Crippen LogP contribution in [0.4, 0.5) is 0 Å². The van der Waals surface area contributed by atoms with E-state index in [0.717, 1.165) is 0 Å². The van der Waals surface area contributed by atoms with E-state index < -0.39 is 100.0 Å². The Morgan fingerprint density at radius 1 is 0.742 bits per heavy atom. The van der Waals surface area contributed by atoms with Crippen LogP contribution in [0.3, 0.4) is 0 Å². The lowest BCUT2D eigenvalue weighted by Crippen LogP contribution is -2.62. The van der Waals surface area contributed by atoms with Gasteiger partial charge in [0.05, 0.1) is 38.6 Å². The van der Waals surface area contributed by atoms with E-state index in [4.69, 9.17) is 45.5 Å². The maximum Gasteiger partial charge on any atom is 0.224 e. The van der Waals surface area contributed by atoms with E-state index in [1.165, 1.54) is 0 Å². The van der Waals surface area contributed by atoms with Crippen molar-refractivity contribution in [3.05, 3.63) is 0 Å². The van der Waals surface area contributed by atoms with Gasteiger partial charge in [-0.1, -0.05) is 0 Å². The molecule has 0 radical (unpaired) electrons. The zero-order valence-electron chi connectivity index (χ0n) is 16.6. The van der Waals surface area contributed by atoms with Crippen molar-refractivity contribution < 1.29 is 70.4 Å². The maximum atomic E-state index is 10.00. The Bertz CT molecular complexity index is 514. The molecule has 0 amide bonds. The summed E-state index contributed by atoms with van der Waals surface area (Å²) >= 11 is 0. The Morgan fingerprint density at radius 2 is 1.26 bits per heavy atom. The van der Waals surface area contributed by atoms with Gasteiger partial charge in [0, 0.05) is 0 Å². The van der Waals surface area contributed by atoms with Crippen LogP contribution in [0.25, 0.3) is 0 Å². The van der Waals surface area contributed by atoms with Crippen molar-refractivity contribution in [3.63, 3.8) is 0 Å². The van der Waals surface area contributed by atoms with Gasteiger partial charge in [-0.05, 0) is 0 Å². The summed E-state index contributed by atoms with van der Waals surface area (Å²) in [5, 5.41) is 102. The third-order valence-corrected chi connectivity index (χ3v) is 5.02. The molecule has 0 saturated carbocycles. The first-order valence-electron chi connectivity index (χ1n) is 9.35. The first-order chi connectivity index (χ1) is 14.5. The molecule has 31 heavy (non-hydrogen) atoms. The van der Waals surface area contributed by atoms with Crippen molar-refractivity contribution in [2.75, 3.05) is 39.6 Å². The second-order valence-corrected chi connectivity index (χ2v) is 7.40. The normalized spacial score (nSPS) is 41.0. The first kappa shape index (κ1) is 28.4. The molecule has 0 unspecified atom stereocenters. The van der Waals surface area contributed by atoms with E-state index in [2.05, 4.69) is 0 Å². The minimum absolute atomic E-state index is 0.403. The number of ether oxygens (including phenoxy) is 3. The third-order valence-electron chi connectivity index (χ3n) is 5.02. The van der Waals surface area contributed by atoms with Gasteiger partial charge in [-0.15, -0.1) is 0 Å². The average molecular weight is 463 g/mol. The fourth-order valence-electron chi connectivity index (χ4n) is 2.78. The highest BCUT2D eigenvalue weighted by Crippen LogP contribution is 2.35. The van der Waals surface area contributed by atoms with Crippen molar-refractivity contribution in [1.29, 1.82) is 0 Å². The second-order valence-electron chi connectivity index (χ2n) is 7.40. The van der Waals surface area contributed by atoms with Gasteiger partial charge in [-0.3, -0.25) is 0 Å². The molecule has 9 atom stereocenters. The second kappa shape index (κ2) is 12.0. The topological polar surface area (TPSA) is 276 Å². The van der Waals surface area contributed by atoms with Gasteiger partial charge in [0.25, 0.3) is 0 Å². The van der Waals surface area contributed by atoms with Crippen molar-refractivity contribution in [2.45, 2.75) is 60.3 Å². The largest absolute Gasteiger partial charge is 0.394 e. The molecule has 0 aromatic rings. The van der Waals surface area contributed by atoms with E-state index in [0.29, 0.717) is 0 Å². The molecule has 0 aromatic carbocycles. The van der Waals surface area contributed by atoms with Gasteiger partial charge >= 0.3 is 0 Å². The summed E-state index contributed by atoms with van der Waals surface area (Å²) in [5.74, 6) is -2.22. The molecular formula is C16H33NO14. The lowest BCUT2D eigenvalue weighted by molar-refractivity contribution is -0.383. The molecule has 2 aliphatic heterocycles. The van der Waals surface area contributed by atoms with Crippen LogP contribution in [0, 0.1) is 0 Å². The molecule has 0 spiro atoms. The smallest absolute Gasteiger partial charge is 0.224 e. The fraction of sp³-hybridized carbons (Fsp3) is 1.00. The Morgan fingerprint density at radius 3 is 1.61 bits per heavy atom. The quantitative estimate of drug-likeness (QED) is 0.159. The van der Waals surface area contributed by atoms with E-state index in [-0.39, 0.29) is 0 Å². The molecule has 2 aliphatic rings. The van der Waals surface area contributed by atoms with E-state index in [9.17, 15) is 30.6 Å². The Hall–Kier alpha value is -0.600. The predicted molar refractivity (Wildman–Crippen MR) is 96.8 cm³/mol. The van der Waals surface area contributed by atoms with Gasteiger partial charge in [0.2, 0.25) is 5.79 Å². The number of nitrogens with two attached hydrogens (primary N) is 1. The molecule has 2 rings (SSSR count). The molecule has 0 aliphatic carbocycles. The number of aliphatic hydroxyl groups is 11. The molecule has 186 valence electrons. The minimum Gasteiger partial charge on any atom is -0.394 e. The molecular weight excluding hydrogens is 430 g/mol. The summed E-state index contributed by atoms with van der Waals surface area (Å²) in [6.07, 6.45) is -12.7. The summed E-state index contributed by atoms with van der Waals surface area (Å²) in [6, 6.07) is 0. The van der Waals surface area contributed by atoms with Gasteiger partial charge in [0.1, 0.15) is 49.3 Å². The van der Waals surface area contributed by atoms with Crippen molar-refractivity contribution in [3.8, 4) is 0 Å². The number of aliphatic hydroxyl groups excluding tert-OH is 11. The van der Waals surface area contributed by atoms with Gasteiger partial charge < -0.3 is 76.1 Å². The predicted octanol–water partition coefficient (Wildman–Crippen LogP) is -7.73. The van der Waals surface area contributed by atoms with Crippen LogP contribution in [0.2, 0.25) is 0 Å². The van der Waals surface area contributed by atoms with Gasteiger partial charge in [-0.25, -0.2) is 0 Å². The van der Waals surface area contributed by atoms with Crippen molar-refractivity contribution in [2.24, 2.45) is 5.73 Å². The number of rotatable bonds is 8. The molecule has 0 bridgehead atoms. The summed E-state index contributed by atoms with van der Waals surface area (Å²) in [7, 11) is 0. The molecule has 2 fully saturated rings. The number of hydrogen-bond acceptors (Lipinski definition) is 15. The van der Waals surface area contributed by atoms with Crippen LogP contribution in [0.1, 0.15) is 0 Å². The van der Waals surface area contributed by atoms with E-state index in [1.54, 1.807) is 0 Å². The van der Waals surface area contributed by atoms with E-state index >= 15 is 0 Å². The summed E-state index contributed by atoms with van der Waals surface area (Å²) < 4.78 is 15.4. The minimum atomic E-state index is -2.22. The highest BCUT2D eigenvalue weighted by molar-refractivity contribution is 4.98. The van der Waals surface area contributed by atoms with Gasteiger partial charge in [0.15, 0.2) is 6.29 Å². The lowest BCUT2D eigenvalue weighted by Gasteiger charge is -2.43. The van der Waals surface area contributed by atoms with Crippen LogP contribution in [0.5, 0.6) is 0 Å². The van der Waals surface area contributed by atoms with Crippen LogP contribution in [-0.4, -0.2) is 156 Å². The monoisotopic (exact) mass is 463 g/mol. The molecule has 13 N–H and O–H groups in total. The molecule has 2 heterocycles. The Kier molecular flexibility index (Phi) is 11.0. The highest BCUT2D eigenvalue weighted by atomic mass is 16.8. The fourth-order valence-corrected chi connectivity index (χ4v) is 2.78. The maximum absolute atomic E-state index is 10.00. The Labute approximate surface area is 177 Å². The van der Waals surface area contributed by atoms with E-state index in [1.807, 2.05) is 0 Å². The van der Waals surface area contributed by atoms with Crippen LogP contribution in [0.15, 0.2) is 0 Å². The average Bonchev–Trinajstić information content (AvgIpc) is 3.04. The molecule has 2 saturated heterocycles. The molecule has 0 aromatic heterocycles.